The van der Waals surface area contributed by atoms with Gasteiger partial charge in [0.1, 0.15) is 5.82 Å². The van der Waals surface area contributed by atoms with E-state index in [0.717, 1.165) is 42.5 Å². The Balaban J connectivity index is 2.05. The van der Waals surface area contributed by atoms with Gasteiger partial charge in [0.2, 0.25) is 0 Å². The number of para-hydroxylation sites is 1. The normalized spacial score (nSPS) is 11.4. The Morgan fingerprint density at radius 1 is 1.24 bits per heavy atom. The number of nitrogens with zero attached hydrogens (tertiary/aromatic N) is 3. The van der Waals surface area contributed by atoms with E-state index in [4.69, 9.17) is 0 Å². The quantitative estimate of drug-likeness (QED) is 0.737. The van der Waals surface area contributed by atoms with Gasteiger partial charge >= 0.3 is 0 Å². The highest BCUT2D eigenvalue weighted by Gasteiger charge is 2.08. The molecule has 0 N–H and O–H groups in total. The summed E-state index contributed by atoms with van der Waals surface area (Å²) in [6.07, 6.45) is 0. The maximum Gasteiger partial charge on any atom is 0.261 e. The van der Waals surface area contributed by atoms with E-state index in [9.17, 15) is 4.79 Å². The van der Waals surface area contributed by atoms with Gasteiger partial charge in [-0.2, -0.15) is 11.8 Å². The number of aromatic nitrogens is 2. The Hall–Kier alpha value is -1.33. The summed E-state index contributed by atoms with van der Waals surface area (Å²) in [5.74, 6) is 2.69. The van der Waals surface area contributed by atoms with Gasteiger partial charge in [-0.1, -0.05) is 26.0 Å². The highest BCUT2D eigenvalue weighted by Crippen LogP contribution is 2.12. The molecule has 2 rings (SSSR count). The highest BCUT2D eigenvalue weighted by atomic mass is 32.2. The number of hydrogen-bond donors (Lipinski definition) is 0. The molecule has 2 aromatic rings. The monoisotopic (exact) mass is 305 g/mol. The summed E-state index contributed by atoms with van der Waals surface area (Å²) >= 11 is 1.83. The maximum atomic E-state index is 12.3. The fraction of sp³-hybridized carbons (Fsp3) is 0.500. The fourth-order valence-corrected chi connectivity index (χ4v) is 3.26. The van der Waals surface area contributed by atoms with Crippen molar-refractivity contribution < 1.29 is 0 Å². The second-order valence-corrected chi connectivity index (χ2v) is 6.09. The first-order valence-corrected chi connectivity index (χ1v) is 8.57. The number of hydrogen-bond acceptors (Lipinski definition) is 4. The zero-order chi connectivity index (χ0) is 15.2. The minimum atomic E-state index is 0.0416. The highest BCUT2D eigenvalue weighted by molar-refractivity contribution is 7.98. The van der Waals surface area contributed by atoms with Gasteiger partial charge in [0.15, 0.2) is 0 Å². The van der Waals surface area contributed by atoms with Crippen LogP contribution in [0.3, 0.4) is 0 Å². The van der Waals surface area contributed by atoms with Gasteiger partial charge in [0, 0.05) is 19.3 Å². The van der Waals surface area contributed by atoms with Gasteiger partial charge in [-0.3, -0.25) is 9.36 Å². The smallest absolute Gasteiger partial charge is 0.261 e. The van der Waals surface area contributed by atoms with Crippen molar-refractivity contribution in [3.8, 4) is 0 Å². The Labute approximate surface area is 130 Å². The topological polar surface area (TPSA) is 38.1 Å². The molecule has 1 aromatic heterocycles. The molecule has 0 unspecified atom stereocenters. The lowest BCUT2D eigenvalue weighted by Crippen LogP contribution is -2.25. The molecule has 0 fully saturated rings. The van der Waals surface area contributed by atoms with Crippen molar-refractivity contribution in [2.75, 3.05) is 25.4 Å². The molecule has 0 bridgehead atoms. The molecule has 5 heteroatoms. The molecule has 0 saturated carbocycles. The minimum Gasteiger partial charge on any atom is -0.303 e. The minimum absolute atomic E-state index is 0.0416. The van der Waals surface area contributed by atoms with Crippen LogP contribution in [0.15, 0.2) is 29.1 Å². The van der Waals surface area contributed by atoms with E-state index >= 15 is 0 Å². The standard InChI is InChI=1S/C16H23N3OS/c1-4-19(5-2)10-11-21-12-15-17-14-9-7-6-8-13(14)16(20)18(15)3/h6-9H,4-5,10-12H2,1-3H3. The summed E-state index contributed by atoms with van der Waals surface area (Å²) in [4.78, 5) is 19.3. The number of thioether (sulfide) groups is 1. The zero-order valence-electron chi connectivity index (χ0n) is 13.0. The SMILES string of the molecule is CCN(CC)CCSCc1nc2ccccc2c(=O)n1C. The van der Waals surface area contributed by atoms with E-state index < -0.39 is 0 Å². The predicted octanol–water partition coefficient (Wildman–Crippen LogP) is 2.51. The summed E-state index contributed by atoms with van der Waals surface area (Å²) in [7, 11) is 1.81. The Bertz CT molecular complexity index is 650. The Morgan fingerprint density at radius 3 is 2.67 bits per heavy atom. The molecule has 4 nitrogen and oxygen atoms in total. The molecule has 0 spiro atoms. The van der Waals surface area contributed by atoms with E-state index in [1.807, 2.05) is 43.1 Å². The second kappa shape index (κ2) is 7.61. The zero-order valence-corrected chi connectivity index (χ0v) is 13.8. The third kappa shape index (κ3) is 3.86. The summed E-state index contributed by atoms with van der Waals surface area (Å²) in [5.41, 5.74) is 0.833. The lowest BCUT2D eigenvalue weighted by molar-refractivity contribution is 0.324. The van der Waals surface area contributed by atoms with Crippen molar-refractivity contribution in [3.05, 3.63) is 40.4 Å². The van der Waals surface area contributed by atoms with Crippen LogP contribution in [-0.2, 0) is 12.8 Å². The molecule has 0 amide bonds. The van der Waals surface area contributed by atoms with E-state index in [-0.39, 0.29) is 5.56 Å². The molecule has 1 aromatic carbocycles. The van der Waals surface area contributed by atoms with Gasteiger partial charge in [-0.25, -0.2) is 4.98 Å². The van der Waals surface area contributed by atoms with Crippen molar-refractivity contribution in [3.63, 3.8) is 0 Å². The van der Waals surface area contributed by atoms with Crippen LogP contribution in [0, 0.1) is 0 Å². The van der Waals surface area contributed by atoms with Crippen LogP contribution in [-0.4, -0.2) is 39.8 Å². The number of rotatable bonds is 7. The van der Waals surface area contributed by atoms with E-state index in [1.165, 1.54) is 0 Å². The first kappa shape index (κ1) is 16.0. The van der Waals surface area contributed by atoms with E-state index in [0.29, 0.717) is 5.39 Å². The van der Waals surface area contributed by atoms with Gasteiger partial charge in [0.25, 0.3) is 5.56 Å². The summed E-state index contributed by atoms with van der Waals surface area (Å²) in [6, 6.07) is 7.54. The van der Waals surface area contributed by atoms with Crippen LogP contribution in [0.1, 0.15) is 19.7 Å². The molecular formula is C16H23N3OS. The molecule has 0 saturated heterocycles. The van der Waals surface area contributed by atoms with Gasteiger partial charge in [-0.15, -0.1) is 0 Å². The molecule has 0 aliphatic rings. The van der Waals surface area contributed by atoms with Crippen molar-refractivity contribution in [1.29, 1.82) is 0 Å². The first-order valence-electron chi connectivity index (χ1n) is 7.42. The predicted molar refractivity (Wildman–Crippen MR) is 90.9 cm³/mol. The van der Waals surface area contributed by atoms with Crippen LogP contribution in [0.2, 0.25) is 0 Å². The summed E-state index contributed by atoms with van der Waals surface area (Å²) in [5, 5.41) is 0.692. The van der Waals surface area contributed by atoms with Crippen LogP contribution in [0.25, 0.3) is 10.9 Å². The number of fused-ring (bicyclic) bond motifs is 1. The average Bonchev–Trinajstić information content (AvgIpc) is 2.52. The Morgan fingerprint density at radius 2 is 1.95 bits per heavy atom. The first-order chi connectivity index (χ1) is 10.2. The molecule has 0 atom stereocenters. The lowest BCUT2D eigenvalue weighted by Gasteiger charge is -2.17. The average molecular weight is 305 g/mol. The Kier molecular flexibility index (Phi) is 5.82. The van der Waals surface area contributed by atoms with Crippen molar-refractivity contribution in [1.82, 2.24) is 14.5 Å². The van der Waals surface area contributed by atoms with E-state index in [1.54, 1.807) is 4.57 Å². The molecule has 0 radical (unpaired) electrons. The molecule has 0 aliphatic heterocycles. The van der Waals surface area contributed by atoms with Crippen LogP contribution >= 0.6 is 11.8 Å². The molecule has 114 valence electrons. The summed E-state index contributed by atoms with van der Waals surface area (Å²) < 4.78 is 1.67. The second-order valence-electron chi connectivity index (χ2n) is 4.99. The fourth-order valence-electron chi connectivity index (χ4n) is 2.29. The molecule has 1 heterocycles. The van der Waals surface area contributed by atoms with Crippen molar-refractivity contribution in [2.24, 2.45) is 7.05 Å². The van der Waals surface area contributed by atoms with Gasteiger partial charge in [-0.05, 0) is 25.2 Å². The summed E-state index contributed by atoms with van der Waals surface area (Å²) in [6.45, 7) is 7.62. The van der Waals surface area contributed by atoms with Crippen molar-refractivity contribution >= 4 is 22.7 Å². The van der Waals surface area contributed by atoms with Crippen LogP contribution < -0.4 is 5.56 Å². The van der Waals surface area contributed by atoms with Gasteiger partial charge < -0.3 is 4.90 Å². The molecule has 0 aliphatic carbocycles. The van der Waals surface area contributed by atoms with E-state index in [2.05, 4.69) is 23.7 Å². The number of benzene rings is 1. The van der Waals surface area contributed by atoms with Crippen molar-refractivity contribution in [2.45, 2.75) is 19.6 Å². The van der Waals surface area contributed by atoms with Gasteiger partial charge in [0.05, 0.1) is 16.7 Å². The largest absolute Gasteiger partial charge is 0.303 e. The molecule has 21 heavy (non-hydrogen) atoms. The van der Waals surface area contributed by atoms with Crippen LogP contribution in [0.5, 0.6) is 0 Å². The lowest BCUT2D eigenvalue weighted by atomic mass is 10.2. The van der Waals surface area contributed by atoms with Crippen LogP contribution in [0.4, 0.5) is 0 Å². The third-order valence-electron chi connectivity index (χ3n) is 3.75. The third-order valence-corrected chi connectivity index (χ3v) is 4.69. The maximum absolute atomic E-state index is 12.3. The molecular weight excluding hydrogens is 282 g/mol.